The molecule has 1 aliphatic rings. The van der Waals surface area contributed by atoms with Crippen LogP contribution < -0.4 is 16.8 Å². The van der Waals surface area contributed by atoms with Crippen molar-refractivity contribution in [3.8, 4) is 0 Å². The Labute approximate surface area is 209 Å². The Morgan fingerprint density at radius 1 is 0.622 bits per heavy atom. The maximum atomic E-state index is 13.3. The summed E-state index contributed by atoms with van der Waals surface area (Å²) < 4.78 is 99.8. The van der Waals surface area contributed by atoms with Crippen molar-refractivity contribution in [1.82, 2.24) is 0 Å². The van der Waals surface area contributed by atoms with E-state index in [4.69, 9.17) is 11.5 Å². The molecular formula is C20H15N3O11S3. The van der Waals surface area contributed by atoms with Crippen LogP contribution in [0.25, 0.3) is 0 Å². The molecule has 0 unspecified atom stereocenters. The number of anilines is 4. The van der Waals surface area contributed by atoms with Crippen LogP contribution in [0.2, 0.25) is 0 Å². The van der Waals surface area contributed by atoms with Gasteiger partial charge in [-0.2, -0.15) is 25.3 Å². The zero-order chi connectivity index (χ0) is 27.7. The van der Waals surface area contributed by atoms with E-state index in [2.05, 4.69) is 5.32 Å². The normalized spacial score (nSPS) is 13.7. The second-order valence-electron chi connectivity index (χ2n) is 7.73. The number of ketones is 2. The number of benzene rings is 3. The van der Waals surface area contributed by atoms with Gasteiger partial charge in [0.25, 0.3) is 30.4 Å². The minimum absolute atomic E-state index is 0.0988. The Hall–Kier alpha value is -3.87. The summed E-state index contributed by atoms with van der Waals surface area (Å²) in [6, 6.07) is 7.10. The first kappa shape index (κ1) is 26.2. The van der Waals surface area contributed by atoms with Crippen LogP contribution in [0.4, 0.5) is 22.7 Å². The number of nitrogens with one attached hydrogen (secondary N) is 1. The standard InChI is InChI=1S/C20H15N3O11S3/c21-10-5-11(14(36(29,30)31)7-13(10)35(26,27)28)23-12-6-15(37(32,33)34)18(22)17-16(12)19(24)8-3-1-2-4-9(8)20(17)25/h1-7,23H,21-22H2,(H,26,27,28)(H,29,30,31)(H,32,33,34). The van der Waals surface area contributed by atoms with Crippen LogP contribution in [0.1, 0.15) is 31.8 Å². The van der Waals surface area contributed by atoms with Gasteiger partial charge in [0.2, 0.25) is 0 Å². The van der Waals surface area contributed by atoms with E-state index in [1.165, 1.54) is 24.3 Å². The summed E-state index contributed by atoms with van der Waals surface area (Å²) in [6.45, 7) is 0. The highest BCUT2D eigenvalue weighted by Crippen LogP contribution is 2.41. The molecule has 0 spiro atoms. The van der Waals surface area contributed by atoms with E-state index in [9.17, 15) is 48.5 Å². The Kier molecular flexibility index (Phi) is 5.90. The quantitative estimate of drug-likeness (QED) is 0.145. The van der Waals surface area contributed by atoms with Crippen molar-refractivity contribution in [1.29, 1.82) is 0 Å². The molecule has 0 amide bonds. The number of carbonyl (C=O) groups is 2. The summed E-state index contributed by atoms with van der Waals surface area (Å²) in [5.41, 5.74) is 7.43. The fourth-order valence-electron chi connectivity index (χ4n) is 3.86. The van der Waals surface area contributed by atoms with Crippen LogP contribution in [0.15, 0.2) is 57.2 Å². The van der Waals surface area contributed by atoms with Gasteiger partial charge in [0.1, 0.15) is 14.7 Å². The van der Waals surface area contributed by atoms with Crippen LogP contribution >= 0.6 is 0 Å². The van der Waals surface area contributed by atoms with Gasteiger partial charge in [-0.1, -0.05) is 24.3 Å². The summed E-state index contributed by atoms with van der Waals surface area (Å²) in [5.74, 6) is -1.72. The Morgan fingerprint density at radius 3 is 1.59 bits per heavy atom. The molecule has 0 heterocycles. The number of hydrogen-bond acceptors (Lipinski definition) is 11. The van der Waals surface area contributed by atoms with Crippen molar-refractivity contribution < 1.29 is 48.5 Å². The summed E-state index contributed by atoms with van der Waals surface area (Å²) >= 11 is 0. The molecule has 0 atom stereocenters. The zero-order valence-corrected chi connectivity index (χ0v) is 20.5. The van der Waals surface area contributed by atoms with Crippen LogP contribution in [0.3, 0.4) is 0 Å². The predicted molar refractivity (Wildman–Crippen MR) is 128 cm³/mol. The molecule has 0 saturated heterocycles. The fourth-order valence-corrected chi connectivity index (χ4v) is 5.86. The highest BCUT2D eigenvalue weighted by molar-refractivity contribution is 7.87. The van der Waals surface area contributed by atoms with E-state index >= 15 is 0 Å². The highest BCUT2D eigenvalue weighted by atomic mass is 32.2. The van der Waals surface area contributed by atoms with Gasteiger partial charge >= 0.3 is 0 Å². The van der Waals surface area contributed by atoms with Gasteiger partial charge < -0.3 is 16.8 Å². The molecule has 3 aromatic rings. The van der Waals surface area contributed by atoms with Crippen molar-refractivity contribution in [2.24, 2.45) is 0 Å². The second-order valence-corrected chi connectivity index (χ2v) is 11.9. The fraction of sp³-hybridized carbons (Fsp3) is 0. The van der Waals surface area contributed by atoms with Gasteiger partial charge in [-0.05, 0) is 18.2 Å². The summed E-state index contributed by atoms with van der Waals surface area (Å²) in [4.78, 5) is 23.3. The lowest BCUT2D eigenvalue weighted by Gasteiger charge is -2.24. The molecule has 194 valence electrons. The van der Waals surface area contributed by atoms with Gasteiger partial charge in [0.15, 0.2) is 11.6 Å². The van der Waals surface area contributed by atoms with Gasteiger partial charge in [0, 0.05) is 11.1 Å². The Morgan fingerprint density at radius 2 is 1.11 bits per heavy atom. The largest absolute Gasteiger partial charge is 0.398 e. The third-order valence-corrected chi connectivity index (χ3v) is 8.11. The van der Waals surface area contributed by atoms with Crippen LogP contribution in [-0.2, 0) is 30.4 Å². The average molecular weight is 570 g/mol. The number of fused-ring (bicyclic) bond motifs is 2. The summed E-state index contributed by atoms with van der Waals surface area (Å²) in [6.07, 6.45) is 0. The van der Waals surface area contributed by atoms with E-state index in [1.807, 2.05) is 0 Å². The lowest BCUT2D eigenvalue weighted by Crippen LogP contribution is -2.25. The first-order valence-corrected chi connectivity index (χ1v) is 14.0. The van der Waals surface area contributed by atoms with Crippen molar-refractivity contribution in [3.63, 3.8) is 0 Å². The van der Waals surface area contributed by atoms with Crippen molar-refractivity contribution in [2.45, 2.75) is 14.7 Å². The molecule has 14 nitrogen and oxygen atoms in total. The van der Waals surface area contributed by atoms with E-state index < -0.39 is 90.5 Å². The number of carbonyl (C=O) groups excluding carboxylic acids is 2. The van der Waals surface area contributed by atoms with Gasteiger partial charge in [-0.25, -0.2) is 0 Å². The maximum Gasteiger partial charge on any atom is 0.296 e. The number of hydrogen-bond donors (Lipinski definition) is 6. The molecule has 0 aromatic heterocycles. The minimum Gasteiger partial charge on any atom is -0.398 e. The zero-order valence-electron chi connectivity index (χ0n) is 18.0. The smallest absolute Gasteiger partial charge is 0.296 e. The van der Waals surface area contributed by atoms with E-state index in [0.29, 0.717) is 18.2 Å². The van der Waals surface area contributed by atoms with Gasteiger partial charge in [0.05, 0.1) is 33.9 Å². The maximum absolute atomic E-state index is 13.3. The first-order valence-electron chi connectivity index (χ1n) is 9.71. The van der Waals surface area contributed by atoms with Crippen LogP contribution in [0.5, 0.6) is 0 Å². The van der Waals surface area contributed by atoms with Crippen LogP contribution in [0, 0.1) is 0 Å². The molecule has 0 saturated carbocycles. The molecule has 0 bridgehead atoms. The third-order valence-electron chi connectivity index (χ3n) is 5.42. The van der Waals surface area contributed by atoms with Crippen LogP contribution in [-0.4, -0.2) is 50.5 Å². The molecule has 8 N–H and O–H groups in total. The van der Waals surface area contributed by atoms with E-state index in [1.54, 1.807) is 0 Å². The summed E-state index contributed by atoms with van der Waals surface area (Å²) in [7, 11) is -15.4. The third kappa shape index (κ3) is 4.43. The van der Waals surface area contributed by atoms with E-state index in [0.717, 1.165) is 0 Å². The molecule has 4 rings (SSSR count). The van der Waals surface area contributed by atoms with Gasteiger partial charge in [-0.3, -0.25) is 23.2 Å². The Bertz CT molecular complexity index is 1880. The number of nitrogens with two attached hydrogens (primary N) is 2. The molecule has 0 aliphatic heterocycles. The molecule has 0 radical (unpaired) electrons. The Balaban J connectivity index is 2.08. The number of rotatable bonds is 5. The average Bonchev–Trinajstić information content (AvgIpc) is 2.76. The highest BCUT2D eigenvalue weighted by Gasteiger charge is 2.37. The lowest BCUT2D eigenvalue weighted by molar-refractivity contribution is 0.0980. The molecule has 1 aliphatic carbocycles. The lowest BCUT2D eigenvalue weighted by atomic mass is 9.82. The molecule has 37 heavy (non-hydrogen) atoms. The monoisotopic (exact) mass is 569 g/mol. The summed E-state index contributed by atoms with van der Waals surface area (Å²) in [5, 5.41) is 2.35. The van der Waals surface area contributed by atoms with Crippen molar-refractivity contribution in [3.05, 3.63) is 64.7 Å². The van der Waals surface area contributed by atoms with E-state index in [-0.39, 0.29) is 11.1 Å². The molecule has 17 heteroatoms. The second kappa shape index (κ2) is 8.33. The number of nitrogen functional groups attached to an aromatic ring is 2. The molecule has 0 fully saturated rings. The molecule has 3 aromatic carbocycles. The van der Waals surface area contributed by atoms with Crippen molar-refractivity contribution in [2.75, 3.05) is 16.8 Å². The van der Waals surface area contributed by atoms with Crippen molar-refractivity contribution >= 4 is 64.7 Å². The predicted octanol–water partition coefficient (Wildman–Crippen LogP) is 1.11. The SMILES string of the molecule is Nc1cc(Nc2cc(S(=O)(=O)O)c(N)c3c2C(=O)c2ccccc2C3=O)c(S(=O)(=O)O)cc1S(=O)(=O)O. The topological polar surface area (TPSA) is 261 Å². The first-order chi connectivity index (χ1) is 16.9. The molecular weight excluding hydrogens is 554 g/mol. The van der Waals surface area contributed by atoms with Gasteiger partial charge in [-0.15, -0.1) is 0 Å². The minimum atomic E-state index is -5.23.